The summed E-state index contributed by atoms with van der Waals surface area (Å²) in [5, 5.41) is 1.17. The van der Waals surface area contributed by atoms with Crippen molar-refractivity contribution < 1.29 is 0 Å². The third-order valence-electron chi connectivity index (χ3n) is 3.67. The first-order valence-electron chi connectivity index (χ1n) is 7.03. The Bertz CT molecular complexity index is 846. The van der Waals surface area contributed by atoms with Gasteiger partial charge in [0.2, 0.25) is 0 Å². The summed E-state index contributed by atoms with van der Waals surface area (Å²) in [6.07, 6.45) is 1.99. The number of hydrogen-bond acceptors (Lipinski definition) is 1. The minimum Gasteiger partial charge on any atom is -0.253 e. The van der Waals surface area contributed by atoms with Crippen LogP contribution in [0.4, 0.5) is 0 Å². The van der Waals surface area contributed by atoms with E-state index in [1.165, 1.54) is 20.1 Å². The molecule has 112 valence electrons. The molecular formula is C18H14Br2IN. The van der Waals surface area contributed by atoms with Crippen molar-refractivity contribution in [3.63, 3.8) is 0 Å². The van der Waals surface area contributed by atoms with Crippen molar-refractivity contribution in [1.82, 2.24) is 4.98 Å². The van der Waals surface area contributed by atoms with Crippen molar-refractivity contribution in [3.05, 3.63) is 71.8 Å². The minimum absolute atomic E-state index is 0.973. The molecule has 0 aliphatic carbocycles. The zero-order valence-corrected chi connectivity index (χ0v) is 17.4. The van der Waals surface area contributed by atoms with Crippen LogP contribution in [0.25, 0.3) is 10.9 Å². The number of benzene rings is 2. The highest BCUT2D eigenvalue weighted by molar-refractivity contribution is 14.1. The van der Waals surface area contributed by atoms with Crippen LogP contribution >= 0.6 is 54.5 Å². The van der Waals surface area contributed by atoms with Crippen molar-refractivity contribution in [3.8, 4) is 0 Å². The zero-order chi connectivity index (χ0) is 15.7. The number of rotatable bonds is 3. The lowest BCUT2D eigenvalue weighted by Crippen LogP contribution is -1.97. The van der Waals surface area contributed by atoms with Crippen LogP contribution in [-0.2, 0) is 12.8 Å². The molecule has 1 nitrogen and oxygen atoms in total. The Hall–Kier alpha value is -0.460. The van der Waals surface area contributed by atoms with E-state index in [2.05, 4.69) is 96.9 Å². The predicted octanol–water partition coefficient (Wildman–Crippen LogP) is 6.46. The normalized spacial score (nSPS) is 11.1. The molecule has 0 amide bonds. The Kier molecular flexibility index (Phi) is 5.20. The number of hydrogen-bond donors (Lipinski definition) is 0. The SMILES string of the molecule is Cc1ccc2c(Br)cc(Br)c(CCc3cccc(I)c3)c2n1. The number of fused-ring (bicyclic) bond motifs is 1. The minimum atomic E-state index is 0.973. The van der Waals surface area contributed by atoms with Gasteiger partial charge in [-0.2, -0.15) is 0 Å². The molecule has 0 bridgehead atoms. The molecule has 22 heavy (non-hydrogen) atoms. The van der Waals surface area contributed by atoms with E-state index < -0.39 is 0 Å². The first-order chi connectivity index (χ1) is 10.5. The summed E-state index contributed by atoms with van der Waals surface area (Å²) >= 11 is 9.71. The molecule has 0 unspecified atom stereocenters. The van der Waals surface area contributed by atoms with E-state index in [9.17, 15) is 0 Å². The maximum Gasteiger partial charge on any atom is 0.0759 e. The number of pyridine rings is 1. The first kappa shape index (κ1) is 16.4. The fraction of sp³-hybridized carbons (Fsp3) is 0.167. The van der Waals surface area contributed by atoms with Gasteiger partial charge in [0.15, 0.2) is 0 Å². The lowest BCUT2D eigenvalue weighted by atomic mass is 10.0. The molecule has 2 aromatic carbocycles. The highest BCUT2D eigenvalue weighted by Crippen LogP contribution is 2.33. The Labute approximate surface area is 160 Å². The van der Waals surface area contributed by atoms with Crippen molar-refractivity contribution in [2.24, 2.45) is 0 Å². The molecule has 0 aliphatic rings. The summed E-state index contributed by atoms with van der Waals surface area (Å²) in [6.45, 7) is 2.04. The summed E-state index contributed by atoms with van der Waals surface area (Å²) in [5.74, 6) is 0. The van der Waals surface area contributed by atoms with Gasteiger partial charge < -0.3 is 0 Å². The van der Waals surface area contributed by atoms with Gasteiger partial charge in [0, 0.05) is 23.6 Å². The summed E-state index contributed by atoms with van der Waals surface area (Å²) < 4.78 is 3.49. The molecule has 0 fully saturated rings. The number of aromatic nitrogens is 1. The van der Waals surface area contributed by atoms with Gasteiger partial charge in [0.25, 0.3) is 0 Å². The summed E-state index contributed by atoms with van der Waals surface area (Å²) in [6, 6.07) is 15.0. The van der Waals surface area contributed by atoms with Crippen LogP contribution in [0.5, 0.6) is 0 Å². The molecule has 0 saturated carbocycles. The molecule has 0 radical (unpaired) electrons. The molecule has 3 rings (SSSR count). The fourth-order valence-corrected chi connectivity index (χ4v) is 4.65. The third-order valence-corrected chi connectivity index (χ3v) is 5.71. The van der Waals surface area contributed by atoms with E-state index >= 15 is 0 Å². The van der Waals surface area contributed by atoms with Crippen LogP contribution in [0.1, 0.15) is 16.8 Å². The molecule has 0 spiro atoms. The van der Waals surface area contributed by atoms with Gasteiger partial charge in [0.1, 0.15) is 0 Å². The van der Waals surface area contributed by atoms with Crippen LogP contribution in [0.2, 0.25) is 0 Å². The van der Waals surface area contributed by atoms with Crippen LogP contribution in [-0.4, -0.2) is 4.98 Å². The second-order valence-corrected chi connectivity index (χ2v) is 8.25. The van der Waals surface area contributed by atoms with Gasteiger partial charge in [0.05, 0.1) is 5.52 Å². The predicted molar refractivity (Wildman–Crippen MR) is 108 cm³/mol. The summed E-state index contributed by atoms with van der Waals surface area (Å²) in [4.78, 5) is 4.77. The monoisotopic (exact) mass is 529 g/mol. The average molecular weight is 531 g/mol. The van der Waals surface area contributed by atoms with Crippen molar-refractivity contribution in [1.29, 1.82) is 0 Å². The van der Waals surface area contributed by atoms with E-state index in [0.717, 1.165) is 33.0 Å². The molecule has 0 saturated heterocycles. The smallest absolute Gasteiger partial charge is 0.0759 e. The quantitative estimate of drug-likeness (QED) is 0.354. The third kappa shape index (κ3) is 3.54. The van der Waals surface area contributed by atoms with Gasteiger partial charge in [-0.3, -0.25) is 4.98 Å². The molecule has 1 heterocycles. The van der Waals surface area contributed by atoms with E-state index in [-0.39, 0.29) is 0 Å². The standard InChI is InChI=1S/C18H14Br2IN/c1-11-5-7-14-16(19)10-17(20)15(18(14)22-11)8-6-12-3-2-4-13(21)9-12/h2-5,7,9-10H,6,8H2,1H3. The highest BCUT2D eigenvalue weighted by atomic mass is 127. The fourth-order valence-electron chi connectivity index (χ4n) is 2.57. The number of halogens is 3. The Morgan fingerprint density at radius 2 is 1.82 bits per heavy atom. The van der Waals surface area contributed by atoms with Crippen LogP contribution in [0, 0.1) is 10.5 Å². The second kappa shape index (κ2) is 6.97. The Balaban J connectivity index is 2.01. The van der Waals surface area contributed by atoms with Crippen LogP contribution in [0.3, 0.4) is 0 Å². The lowest BCUT2D eigenvalue weighted by Gasteiger charge is -2.11. The van der Waals surface area contributed by atoms with Gasteiger partial charge in [-0.1, -0.05) is 44.0 Å². The van der Waals surface area contributed by atoms with E-state index in [1.807, 2.05) is 6.92 Å². The van der Waals surface area contributed by atoms with E-state index in [1.54, 1.807) is 0 Å². The van der Waals surface area contributed by atoms with Gasteiger partial charge in [-0.05, 0) is 83.8 Å². The van der Waals surface area contributed by atoms with Crippen molar-refractivity contribution >= 4 is 65.4 Å². The van der Waals surface area contributed by atoms with E-state index in [0.29, 0.717) is 0 Å². The molecule has 4 heteroatoms. The molecule has 1 aromatic heterocycles. The molecule has 0 atom stereocenters. The molecular weight excluding hydrogens is 517 g/mol. The van der Waals surface area contributed by atoms with Crippen LogP contribution in [0.15, 0.2) is 51.4 Å². The van der Waals surface area contributed by atoms with Gasteiger partial charge in [-0.25, -0.2) is 0 Å². The summed E-state index contributed by atoms with van der Waals surface area (Å²) in [5.41, 5.74) is 4.78. The highest BCUT2D eigenvalue weighted by Gasteiger charge is 2.11. The van der Waals surface area contributed by atoms with Crippen LogP contribution < -0.4 is 0 Å². The van der Waals surface area contributed by atoms with Crippen molar-refractivity contribution in [2.75, 3.05) is 0 Å². The molecule has 3 aromatic rings. The second-order valence-electron chi connectivity index (χ2n) is 5.30. The first-order valence-corrected chi connectivity index (χ1v) is 9.70. The maximum absolute atomic E-state index is 4.77. The summed E-state index contributed by atoms with van der Waals surface area (Å²) in [7, 11) is 0. The molecule has 0 aliphatic heterocycles. The Morgan fingerprint density at radius 3 is 2.59 bits per heavy atom. The van der Waals surface area contributed by atoms with Crippen molar-refractivity contribution in [2.45, 2.75) is 19.8 Å². The average Bonchev–Trinajstić information content (AvgIpc) is 2.46. The van der Waals surface area contributed by atoms with Gasteiger partial charge >= 0.3 is 0 Å². The maximum atomic E-state index is 4.77. The van der Waals surface area contributed by atoms with E-state index in [4.69, 9.17) is 4.98 Å². The zero-order valence-electron chi connectivity index (χ0n) is 12.0. The largest absolute Gasteiger partial charge is 0.253 e. The lowest BCUT2D eigenvalue weighted by molar-refractivity contribution is 0.957. The topological polar surface area (TPSA) is 12.9 Å². The van der Waals surface area contributed by atoms with Gasteiger partial charge in [-0.15, -0.1) is 0 Å². The molecule has 0 N–H and O–H groups in total. The Morgan fingerprint density at radius 1 is 1.00 bits per heavy atom. The number of aryl methyl sites for hydroxylation is 3. The number of nitrogens with zero attached hydrogens (tertiary/aromatic N) is 1.